The molecule has 3 heteroatoms. The molecule has 1 aromatic rings. The highest BCUT2D eigenvalue weighted by Gasteiger charge is 2.37. The predicted molar refractivity (Wildman–Crippen MR) is 59.1 cm³/mol. The molecular formula is C10H11BrClN. The fourth-order valence-electron chi connectivity index (χ4n) is 1.69. The van der Waals surface area contributed by atoms with Crippen LogP contribution in [-0.2, 0) is 0 Å². The highest BCUT2D eigenvalue weighted by Crippen LogP contribution is 2.49. The second-order valence-corrected chi connectivity index (χ2v) is 4.83. The SMILES string of the molecule is NCC1CC1c1ccc(Br)cc1Cl. The third-order valence-electron chi connectivity index (χ3n) is 2.59. The zero-order valence-electron chi connectivity index (χ0n) is 7.13. The number of rotatable bonds is 2. The molecule has 1 nitrogen and oxygen atoms in total. The van der Waals surface area contributed by atoms with Crippen molar-refractivity contribution in [1.29, 1.82) is 0 Å². The van der Waals surface area contributed by atoms with Gasteiger partial charge in [0.05, 0.1) is 0 Å². The molecule has 0 radical (unpaired) electrons. The third kappa shape index (κ3) is 1.90. The first-order chi connectivity index (χ1) is 6.22. The van der Waals surface area contributed by atoms with Crippen molar-refractivity contribution in [3.63, 3.8) is 0 Å². The predicted octanol–water partition coefficient (Wildman–Crippen LogP) is 3.16. The van der Waals surface area contributed by atoms with E-state index in [0.717, 1.165) is 16.0 Å². The molecule has 1 aromatic carbocycles. The Bertz CT molecular complexity index is 327. The number of nitrogens with two attached hydrogens (primary N) is 1. The molecule has 2 rings (SSSR count). The van der Waals surface area contributed by atoms with E-state index < -0.39 is 0 Å². The zero-order valence-corrected chi connectivity index (χ0v) is 9.48. The van der Waals surface area contributed by atoms with Crippen LogP contribution in [0.1, 0.15) is 17.9 Å². The summed E-state index contributed by atoms with van der Waals surface area (Å²) in [5.74, 6) is 1.25. The van der Waals surface area contributed by atoms with Crippen LogP contribution in [0.2, 0.25) is 5.02 Å². The van der Waals surface area contributed by atoms with Gasteiger partial charge in [-0.15, -0.1) is 0 Å². The Kier molecular flexibility index (Phi) is 2.63. The topological polar surface area (TPSA) is 26.0 Å². The molecule has 0 aromatic heterocycles. The lowest BCUT2D eigenvalue weighted by Gasteiger charge is -2.02. The maximum absolute atomic E-state index is 6.12. The van der Waals surface area contributed by atoms with E-state index in [4.69, 9.17) is 17.3 Å². The lowest BCUT2D eigenvalue weighted by atomic mass is 10.1. The Balaban J connectivity index is 2.22. The van der Waals surface area contributed by atoms with E-state index >= 15 is 0 Å². The van der Waals surface area contributed by atoms with Gasteiger partial charge >= 0.3 is 0 Å². The van der Waals surface area contributed by atoms with Gasteiger partial charge < -0.3 is 5.73 Å². The summed E-state index contributed by atoms with van der Waals surface area (Å²) in [7, 11) is 0. The van der Waals surface area contributed by atoms with Crippen LogP contribution < -0.4 is 5.73 Å². The van der Waals surface area contributed by atoms with E-state index in [1.54, 1.807) is 0 Å². The minimum absolute atomic E-state index is 0.602. The van der Waals surface area contributed by atoms with Gasteiger partial charge in [0, 0.05) is 9.50 Å². The van der Waals surface area contributed by atoms with Gasteiger partial charge in [-0.1, -0.05) is 33.6 Å². The van der Waals surface area contributed by atoms with Gasteiger partial charge in [0.1, 0.15) is 0 Å². The summed E-state index contributed by atoms with van der Waals surface area (Å²) >= 11 is 9.50. The average Bonchev–Trinajstić information content (AvgIpc) is 2.83. The van der Waals surface area contributed by atoms with Gasteiger partial charge in [0.25, 0.3) is 0 Å². The van der Waals surface area contributed by atoms with Crippen molar-refractivity contribution in [2.24, 2.45) is 11.7 Å². The third-order valence-corrected chi connectivity index (χ3v) is 3.41. The second-order valence-electron chi connectivity index (χ2n) is 3.50. The first-order valence-corrected chi connectivity index (χ1v) is 5.54. The van der Waals surface area contributed by atoms with Crippen molar-refractivity contribution in [3.8, 4) is 0 Å². The van der Waals surface area contributed by atoms with E-state index in [9.17, 15) is 0 Å². The molecule has 1 fully saturated rings. The molecule has 0 aliphatic heterocycles. The van der Waals surface area contributed by atoms with Crippen LogP contribution >= 0.6 is 27.5 Å². The highest BCUT2D eigenvalue weighted by molar-refractivity contribution is 9.10. The van der Waals surface area contributed by atoms with E-state index in [2.05, 4.69) is 22.0 Å². The lowest BCUT2D eigenvalue weighted by molar-refractivity contribution is 0.810. The largest absolute Gasteiger partial charge is 0.330 e. The average molecular weight is 261 g/mol. The van der Waals surface area contributed by atoms with E-state index in [0.29, 0.717) is 11.8 Å². The van der Waals surface area contributed by atoms with Gasteiger partial charge in [0.15, 0.2) is 0 Å². The Morgan fingerprint density at radius 2 is 2.31 bits per heavy atom. The fraction of sp³-hybridized carbons (Fsp3) is 0.400. The molecule has 0 saturated heterocycles. The molecule has 70 valence electrons. The van der Waals surface area contributed by atoms with E-state index in [1.807, 2.05) is 12.1 Å². The molecule has 0 heterocycles. The lowest BCUT2D eigenvalue weighted by Crippen LogP contribution is -2.02. The van der Waals surface area contributed by atoms with Crippen LogP contribution in [0.4, 0.5) is 0 Å². The summed E-state index contributed by atoms with van der Waals surface area (Å²) in [6.45, 7) is 0.775. The first kappa shape index (κ1) is 9.50. The quantitative estimate of drug-likeness (QED) is 0.868. The molecule has 0 spiro atoms. The molecule has 1 aliphatic rings. The van der Waals surface area contributed by atoms with Crippen molar-refractivity contribution < 1.29 is 0 Å². The summed E-state index contributed by atoms with van der Waals surface area (Å²) in [5, 5.41) is 0.857. The smallest absolute Gasteiger partial charge is 0.0452 e. The van der Waals surface area contributed by atoms with Crippen molar-refractivity contribution in [2.75, 3.05) is 6.54 Å². The van der Waals surface area contributed by atoms with Crippen LogP contribution in [0.3, 0.4) is 0 Å². The molecule has 1 saturated carbocycles. The van der Waals surface area contributed by atoms with Gasteiger partial charge in [-0.05, 0) is 42.5 Å². The van der Waals surface area contributed by atoms with E-state index in [1.165, 1.54) is 12.0 Å². The Morgan fingerprint density at radius 1 is 1.54 bits per heavy atom. The Morgan fingerprint density at radius 3 is 2.85 bits per heavy atom. The van der Waals surface area contributed by atoms with Crippen molar-refractivity contribution in [2.45, 2.75) is 12.3 Å². The molecule has 2 N–H and O–H groups in total. The Labute approximate surface area is 91.4 Å². The molecule has 0 amide bonds. The van der Waals surface area contributed by atoms with Crippen LogP contribution in [-0.4, -0.2) is 6.54 Å². The summed E-state index contributed by atoms with van der Waals surface area (Å²) in [4.78, 5) is 0. The van der Waals surface area contributed by atoms with Crippen LogP contribution in [0.15, 0.2) is 22.7 Å². The van der Waals surface area contributed by atoms with Gasteiger partial charge in [-0.25, -0.2) is 0 Å². The molecular weight excluding hydrogens is 249 g/mol. The number of hydrogen-bond acceptors (Lipinski definition) is 1. The highest BCUT2D eigenvalue weighted by atomic mass is 79.9. The van der Waals surface area contributed by atoms with Gasteiger partial charge in [-0.3, -0.25) is 0 Å². The summed E-state index contributed by atoms with van der Waals surface area (Å²) < 4.78 is 1.03. The van der Waals surface area contributed by atoms with Crippen molar-refractivity contribution >= 4 is 27.5 Å². The van der Waals surface area contributed by atoms with Crippen LogP contribution in [0.5, 0.6) is 0 Å². The van der Waals surface area contributed by atoms with Crippen molar-refractivity contribution in [3.05, 3.63) is 33.3 Å². The molecule has 0 bridgehead atoms. The van der Waals surface area contributed by atoms with Crippen molar-refractivity contribution in [1.82, 2.24) is 0 Å². The second kappa shape index (κ2) is 3.60. The monoisotopic (exact) mass is 259 g/mol. The molecule has 2 unspecified atom stereocenters. The summed E-state index contributed by atoms with van der Waals surface area (Å²) in [6, 6.07) is 6.07. The summed E-state index contributed by atoms with van der Waals surface area (Å²) in [6.07, 6.45) is 1.19. The molecule has 2 atom stereocenters. The van der Waals surface area contributed by atoms with Crippen LogP contribution in [0.25, 0.3) is 0 Å². The zero-order chi connectivity index (χ0) is 9.42. The molecule has 1 aliphatic carbocycles. The Hall–Kier alpha value is -0.0500. The number of halogens is 2. The number of hydrogen-bond donors (Lipinski definition) is 1. The normalized spacial score (nSPS) is 26.1. The fourth-order valence-corrected chi connectivity index (χ4v) is 2.50. The minimum atomic E-state index is 0.602. The maximum Gasteiger partial charge on any atom is 0.0452 e. The van der Waals surface area contributed by atoms with E-state index in [-0.39, 0.29) is 0 Å². The minimum Gasteiger partial charge on any atom is -0.330 e. The number of benzene rings is 1. The van der Waals surface area contributed by atoms with Gasteiger partial charge in [0.2, 0.25) is 0 Å². The van der Waals surface area contributed by atoms with Crippen LogP contribution in [0, 0.1) is 5.92 Å². The first-order valence-electron chi connectivity index (χ1n) is 4.37. The standard InChI is InChI=1S/C10H11BrClN/c11-7-1-2-8(10(12)4-7)9-3-6(9)5-13/h1-2,4,6,9H,3,5,13H2. The van der Waals surface area contributed by atoms with Gasteiger partial charge in [-0.2, -0.15) is 0 Å². The maximum atomic E-state index is 6.12. The molecule has 13 heavy (non-hydrogen) atoms. The summed E-state index contributed by atoms with van der Waals surface area (Å²) in [5.41, 5.74) is 6.84.